The molecule has 1 aliphatic heterocycles. The number of nitrogens with one attached hydrogen (secondary N) is 2. The fourth-order valence-electron chi connectivity index (χ4n) is 2.63. The molecule has 0 atom stereocenters. The molecule has 0 radical (unpaired) electrons. The van der Waals surface area contributed by atoms with Gasteiger partial charge in [0, 0.05) is 19.2 Å². The van der Waals surface area contributed by atoms with Gasteiger partial charge in [0.25, 0.3) is 5.91 Å². The van der Waals surface area contributed by atoms with E-state index in [2.05, 4.69) is 17.6 Å². The number of benzene rings is 1. The van der Waals surface area contributed by atoms with E-state index in [1.165, 1.54) is 19.3 Å². The number of nitrogens with zero attached hydrogens (tertiary/aromatic N) is 1. The molecule has 2 rings (SSSR count). The first kappa shape index (κ1) is 16.3. The zero-order valence-electron chi connectivity index (χ0n) is 13.4. The standard InChI is InChI=1S/C17H25N3O2/c1-3-4-5-6-7-10-18-17(22)13-8-9-15-14(11-13)19-16(21)12-20(15)2/h8-9,11H,3-7,10,12H2,1-2H3,(H,18,22)(H,19,21). The van der Waals surface area contributed by atoms with Crippen LogP contribution in [0.1, 0.15) is 49.4 Å². The Morgan fingerprint density at radius 2 is 2.05 bits per heavy atom. The van der Waals surface area contributed by atoms with E-state index in [4.69, 9.17) is 0 Å². The second-order valence-electron chi connectivity index (χ2n) is 5.81. The van der Waals surface area contributed by atoms with Gasteiger partial charge < -0.3 is 15.5 Å². The molecule has 1 heterocycles. The Labute approximate surface area is 132 Å². The van der Waals surface area contributed by atoms with Crippen LogP contribution in [0.5, 0.6) is 0 Å². The first-order valence-electron chi connectivity index (χ1n) is 8.05. The number of carbonyl (C=O) groups excluding carboxylic acids is 2. The first-order chi connectivity index (χ1) is 10.6. The minimum absolute atomic E-state index is 0.0523. The maximum Gasteiger partial charge on any atom is 0.251 e. The van der Waals surface area contributed by atoms with Gasteiger partial charge in [-0.2, -0.15) is 0 Å². The molecule has 0 saturated carbocycles. The van der Waals surface area contributed by atoms with Gasteiger partial charge in [-0.15, -0.1) is 0 Å². The third-order valence-electron chi connectivity index (χ3n) is 3.89. The van der Waals surface area contributed by atoms with Crippen LogP contribution in [0, 0.1) is 0 Å². The number of hydrogen-bond donors (Lipinski definition) is 2. The molecule has 0 bridgehead atoms. The second kappa shape index (κ2) is 7.82. The summed E-state index contributed by atoms with van der Waals surface area (Å²) in [4.78, 5) is 25.6. The van der Waals surface area contributed by atoms with Crippen LogP contribution in [0.4, 0.5) is 11.4 Å². The molecule has 5 nitrogen and oxygen atoms in total. The van der Waals surface area contributed by atoms with Gasteiger partial charge in [-0.05, 0) is 24.6 Å². The smallest absolute Gasteiger partial charge is 0.251 e. The van der Waals surface area contributed by atoms with E-state index in [1.807, 2.05) is 18.0 Å². The summed E-state index contributed by atoms with van der Waals surface area (Å²) in [5, 5.41) is 5.76. The Bertz CT molecular complexity index is 543. The molecule has 5 heteroatoms. The fourth-order valence-corrected chi connectivity index (χ4v) is 2.63. The molecule has 1 aromatic carbocycles. The van der Waals surface area contributed by atoms with Crippen LogP contribution >= 0.6 is 0 Å². The van der Waals surface area contributed by atoms with Crippen molar-refractivity contribution in [3.8, 4) is 0 Å². The monoisotopic (exact) mass is 303 g/mol. The van der Waals surface area contributed by atoms with Crippen molar-refractivity contribution in [2.45, 2.75) is 39.0 Å². The maximum atomic E-state index is 12.1. The Morgan fingerprint density at radius 1 is 1.27 bits per heavy atom. The first-order valence-corrected chi connectivity index (χ1v) is 8.05. The highest BCUT2D eigenvalue weighted by atomic mass is 16.2. The van der Waals surface area contributed by atoms with E-state index >= 15 is 0 Å². The molecule has 1 aromatic rings. The molecule has 2 N–H and O–H groups in total. The number of unbranched alkanes of at least 4 members (excludes halogenated alkanes) is 4. The van der Waals surface area contributed by atoms with Gasteiger partial charge in [0.2, 0.25) is 5.91 Å². The maximum absolute atomic E-state index is 12.1. The summed E-state index contributed by atoms with van der Waals surface area (Å²) in [5.41, 5.74) is 2.23. The van der Waals surface area contributed by atoms with Crippen LogP contribution in [-0.2, 0) is 4.79 Å². The number of amides is 2. The molecule has 22 heavy (non-hydrogen) atoms. The minimum atomic E-state index is -0.0826. The zero-order valence-corrected chi connectivity index (χ0v) is 13.4. The van der Waals surface area contributed by atoms with Gasteiger partial charge in [-0.3, -0.25) is 9.59 Å². The highest BCUT2D eigenvalue weighted by molar-refractivity contribution is 6.03. The van der Waals surface area contributed by atoms with Crippen molar-refractivity contribution < 1.29 is 9.59 Å². The van der Waals surface area contributed by atoms with Crippen LogP contribution in [-0.4, -0.2) is 32.0 Å². The predicted molar refractivity (Wildman–Crippen MR) is 89.4 cm³/mol. The quantitative estimate of drug-likeness (QED) is 0.761. The summed E-state index contributed by atoms with van der Waals surface area (Å²) in [5.74, 6) is -0.135. The topological polar surface area (TPSA) is 61.4 Å². The van der Waals surface area contributed by atoms with Crippen LogP contribution in [0.25, 0.3) is 0 Å². The Balaban J connectivity index is 1.88. The highest BCUT2D eigenvalue weighted by Crippen LogP contribution is 2.29. The molecule has 1 aliphatic rings. The molecule has 0 aromatic heterocycles. The number of likely N-dealkylation sites (N-methyl/N-ethyl adjacent to an activating group) is 1. The average Bonchev–Trinajstić information content (AvgIpc) is 2.49. The van der Waals surface area contributed by atoms with Crippen LogP contribution < -0.4 is 15.5 Å². The van der Waals surface area contributed by atoms with Crippen molar-refractivity contribution in [2.24, 2.45) is 0 Å². The van der Waals surface area contributed by atoms with Crippen molar-refractivity contribution in [3.05, 3.63) is 23.8 Å². The van der Waals surface area contributed by atoms with E-state index in [0.29, 0.717) is 24.3 Å². The van der Waals surface area contributed by atoms with E-state index in [9.17, 15) is 9.59 Å². The lowest BCUT2D eigenvalue weighted by atomic mass is 10.1. The van der Waals surface area contributed by atoms with Crippen molar-refractivity contribution in [1.82, 2.24) is 5.32 Å². The van der Waals surface area contributed by atoms with Crippen LogP contribution in [0.2, 0.25) is 0 Å². The number of fused-ring (bicyclic) bond motifs is 1. The third kappa shape index (κ3) is 4.23. The van der Waals surface area contributed by atoms with E-state index in [1.54, 1.807) is 12.1 Å². The molecule has 0 saturated heterocycles. The Hall–Kier alpha value is -2.04. The number of anilines is 2. The number of rotatable bonds is 7. The number of carbonyl (C=O) groups is 2. The summed E-state index contributed by atoms with van der Waals surface area (Å²) in [6.07, 6.45) is 5.87. The summed E-state index contributed by atoms with van der Waals surface area (Å²) in [6.45, 7) is 3.23. The molecule has 2 amide bonds. The van der Waals surface area contributed by atoms with E-state index < -0.39 is 0 Å². The molecule has 0 spiro atoms. The molecule has 0 aliphatic carbocycles. The molecular weight excluding hydrogens is 278 g/mol. The minimum Gasteiger partial charge on any atom is -0.364 e. The van der Waals surface area contributed by atoms with Gasteiger partial charge in [0.1, 0.15) is 0 Å². The van der Waals surface area contributed by atoms with E-state index in [-0.39, 0.29) is 11.8 Å². The van der Waals surface area contributed by atoms with Crippen molar-refractivity contribution >= 4 is 23.2 Å². The summed E-state index contributed by atoms with van der Waals surface area (Å²) >= 11 is 0. The molecule has 120 valence electrons. The SMILES string of the molecule is CCCCCCCNC(=O)c1ccc2c(c1)NC(=O)CN2C. The second-order valence-corrected chi connectivity index (χ2v) is 5.81. The van der Waals surface area contributed by atoms with Crippen molar-refractivity contribution in [1.29, 1.82) is 0 Å². The van der Waals surface area contributed by atoms with Gasteiger partial charge in [0.05, 0.1) is 17.9 Å². The lowest BCUT2D eigenvalue weighted by Crippen LogP contribution is -2.35. The van der Waals surface area contributed by atoms with Crippen LogP contribution in [0.15, 0.2) is 18.2 Å². The lowest BCUT2D eigenvalue weighted by molar-refractivity contribution is -0.115. The van der Waals surface area contributed by atoms with Crippen LogP contribution in [0.3, 0.4) is 0 Å². The molecule has 0 unspecified atom stereocenters. The van der Waals surface area contributed by atoms with Crippen molar-refractivity contribution in [3.63, 3.8) is 0 Å². The Kier molecular flexibility index (Phi) is 5.81. The number of hydrogen-bond acceptors (Lipinski definition) is 3. The van der Waals surface area contributed by atoms with Gasteiger partial charge >= 0.3 is 0 Å². The summed E-state index contributed by atoms with van der Waals surface area (Å²) in [6, 6.07) is 5.43. The lowest BCUT2D eigenvalue weighted by Gasteiger charge is -2.27. The largest absolute Gasteiger partial charge is 0.364 e. The zero-order chi connectivity index (χ0) is 15.9. The summed E-state index contributed by atoms with van der Waals surface area (Å²) < 4.78 is 0. The summed E-state index contributed by atoms with van der Waals surface area (Å²) in [7, 11) is 1.87. The highest BCUT2D eigenvalue weighted by Gasteiger charge is 2.20. The van der Waals surface area contributed by atoms with E-state index in [0.717, 1.165) is 18.5 Å². The molecule has 0 fully saturated rings. The third-order valence-corrected chi connectivity index (χ3v) is 3.89. The predicted octanol–water partition coefficient (Wildman–Crippen LogP) is 2.78. The molecular formula is C17H25N3O2. The fraction of sp³-hybridized carbons (Fsp3) is 0.529. The van der Waals surface area contributed by atoms with Gasteiger partial charge in [-0.1, -0.05) is 32.6 Å². The van der Waals surface area contributed by atoms with Gasteiger partial charge in [-0.25, -0.2) is 0 Å². The average molecular weight is 303 g/mol. The normalized spacial score (nSPS) is 13.5. The Morgan fingerprint density at radius 3 is 2.82 bits per heavy atom. The van der Waals surface area contributed by atoms with Crippen molar-refractivity contribution in [2.75, 3.05) is 30.4 Å². The van der Waals surface area contributed by atoms with Gasteiger partial charge in [0.15, 0.2) is 0 Å².